The number of thiazole rings is 1. The number of aliphatic hydroxyl groups is 1. The Labute approximate surface area is 120 Å². The zero-order valence-electron chi connectivity index (χ0n) is 12.7. The molecule has 1 fully saturated rings. The molecule has 1 saturated carbocycles. The predicted molar refractivity (Wildman–Crippen MR) is 80.7 cm³/mol. The molecule has 2 rings (SSSR count). The summed E-state index contributed by atoms with van der Waals surface area (Å²) in [5, 5.41) is 14.1. The molecule has 0 aliphatic heterocycles. The molecule has 2 N–H and O–H groups in total. The molecule has 1 heterocycles. The second-order valence-corrected chi connectivity index (χ2v) is 7.87. The summed E-state index contributed by atoms with van der Waals surface area (Å²) < 4.78 is 0. The minimum Gasteiger partial charge on any atom is -0.393 e. The van der Waals surface area contributed by atoms with Crippen LogP contribution >= 0.6 is 11.3 Å². The molecule has 3 nitrogen and oxygen atoms in total. The lowest BCUT2D eigenvalue weighted by molar-refractivity contribution is 0.0421. The molecule has 4 heteroatoms. The van der Waals surface area contributed by atoms with Crippen molar-refractivity contribution in [3.05, 3.63) is 15.6 Å². The maximum atomic E-state index is 9.30. The Hall–Kier alpha value is -0.450. The zero-order valence-corrected chi connectivity index (χ0v) is 13.5. The van der Waals surface area contributed by atoms with Crippen LogP contribution in [0.15, 0.2) is 0 Å². The summed E-state index contributed by atoms with van der Waals surface area (Å²) in [7, 11) is 0. The molecule has 1 aromatic rings. The molecule has 0 saturated heterocycles. The first-order chi connectivity index (χ1) is 8.77. The summed E-state index contributed by atoms with van der Waals surface area (Å²) in [6.07, 6.45) is 1.85. The molecular formula is C15H26N2OS. The molecule has 108 valence electrons. The van der Waals surface area contributed by atoms with Gasteiger partial charge in [0.2, 0.25) is 0 Å². The van der Waals surface area contributed by atoms with Crippen LogP contribution in [0.4, 0.5) is 0 Å². The number of aliphatic hydroxyl groups excluding tert-OH is 1. The lowest BCUT2D eigenvalue weighted by Gasteiger charge is -2.32. The topological polar surface area (TPSA) is 45.2 Å². The largest absolute Gasteiger partial charge is 0.393 e. The van der Waals surface area contributed by atoms with Crippen molar-refractivity contribution < 1.29 is 5.11 Å². The maximum absolute atomic E-state index is 9.30. The summed E-state index contributed by atoms with van der Waals surface area (Å²) in [5.41, 5.74) is 1.29. The van der Waals surface area contributed by atoms with Crippen LogP contribution in [-0.4, -0.2) is 22.7 Å². The van der Waals surface area contributed by atoms with Gasteiger partial charge in [-0.1, -0.05) is 20.8 Å². The van der Waals surface area contributed by atoms with Crippen molar-refractivity contribution in [3.8, 4) is 0 Å². The first kappa shape index (κ1) is 14.9. The quantitative estimate of drug-likeness (QED) is 0.891. The number of hydrogen-bond acceptors (Lipinski definition) is 4. The standard InChI is InChI=1S/C15H26N2OS/c1-9(16-8-11-6-12(18)7-11)13-10(2)17-14(19-13)15(3,4)5/h9,11-12,16,18H,6-8H2,1-5H3. The van der Waals surface area contributed by atoms with Gasteiger partial charge in [-0.15, -0.1) is 11.3 Å². The molecule has 0 radical (unpaired) electrons. The number of hydrogen-bond donors (Lipinski definition) is 2. The van der Waals surface area contributed by atoms with Gasteiger partial charge >= 0.3 is 0 Å². The predicted octanol–water partition coefficient (Wildman–Crippen LogP) is 3.17. The van der Waals surface area contributed by atoms with Crippen molar-refractivity contribution in [2.45, 2.75) is 65.0 Å². The van der Waals surface area contributed by atoms with Crippen molar-refractivity contribution in [2.24, 2.45) is 5.92 Å². The van der Waals surface area contributed by atoms with Crippen LogP contribution in [0.25, 0.3) is 0 Å². The van der Waals surface area contributed by atoms with Crippen LogP contribution in [-0.2, 0) is 5.41 Å². The van der Waals surface area contributed by atoms with Crippen LogP contribution in [0.3, 0.4) is 0 Å². The van der Waals surface area contributed by atoms with Gasteiger partial charge in [-0.05, 0) is 39.2 Å². The van der Waals surface area contributed by atoms with Crippen molar-refractivity contribution in [1.29, 1.82) is 0 Å². The lowest BCUT2D eigenvalue weighted by atomic mass is 9.82. The number of nitrogens with one attached hydrogen (secondary N) is 1. The first-order valence-electron chi connectivity index (χ1n) is 7.16. The van der Waals surface area contributed by atoms with E-state index in [1.54, 1.807) is 0 Å². The van der Waals surface area contributed by atoms with Crippen LogP contribution in [0.2, 0.25) is 0 Å². The Morgan fingerprint density at radius 2 is 2.05 bits per heavy atom. The van der Waals surface area contributed by atoms with Crippen molar-refractivity contribution in [1.82, 2.24) is 10.3 Å². The molecular weight excluding hydrogens is 256 g/mol. The Bertz CT molecular complexity index is 430. The minimum absolute atomic E-state index is 0.0558. The third kappa shape index (κ3) is 3.56. The average molecular weight is 282 g/mol. The molecule has 1 unspecified atom stereocenters. The lowest BCUT2D eigenvalue weighted by Crippen LogP contribution is -2.36. The summed E-state index contributed by atoms with van der Waals surface area (Å²) in [6.45, 7) is 11.9. The fourth-order valence-electron chi connectivity index (χ4n) is 2.43. The zero-order chi connectivity index (χ0) is 14.2. The van der Waals surface area contributed by atoms with Crippen molar-refractivity contribution >= 4 is 11.3 Å². The van der Waals surface area contributed by atoms with E-state index in [1.165, 1.54) is 9.88 Å². The van der Waals surface area contributed by atoms with Gasteiger partial charge in [0.15, 0.2) is 0 Å². The fourth-order valence-corrected chi connectivity index (χ4v) is 3.58. The molecule has 1 aliphatic rings. The van der Waals surface area contributed by atoms with Gasteiger partial charge in [0, 0.05) is 16.3 Å². The van der Waals surface area contributed by atoms with E-state index in [0.717, 1.165) is 25.1 Å². The van der Waals surface area contributed by atoms with Crippen molar-refractivity contribution in [2.75, 3.05) is 6.54 Å². The van der Waals surface area contributed by atoms with E-state index in [2.05, 4.69) is 39.9 Å². The van der Waals surface area contributed by atoms with Gasteiger partial charge in [0.05, 0.1) is 16.8 Å². The van der Waals surface area contributed by atoms with Crippen LogP contribution in [0.1, 0.15) is 62.2 Å². The van der Waals surface area contributed by atoms with Crippen LogP contribution in [0, 0.1) is 12.8 Å². The molecule has 1 aliphatic carbocycles. The minimum atomic E-state index is -0.0558. The SMILES string of the molecule is Cc1nc(C(C)(C)C)sc1C(C)NCC1CC(O)C1. The van der Waals surface area contributed by atoms with Gasteiger partial charge < -0.3 is 10.4 Å². The Morgan fingerprint density at radius 3 is 2.53 bits per heavy atom. The molecule has 0 spiro atoms. The van der Waals surface area contributed by atoms with Gasteiger partial charge in [-0.2, -0.15) is 0 Å². The molecule has 1 aromatic heterocycles. The second kappa shape index (κ2) is 5.51. The summed E-state index contributed by atoms with van der Waals surface area (Å²) >= 11 is 1.83. The fraction of sp³-hybridized carbons (Fsp3) is 0.800. The number of aromatic nitrogens is 1. The van der Waals surface area contributed by atoms with E-state index >= 15 is 0 Å². The van der Waals surface area contributed by atoms with Gasteiger partial charge in [-0.3, -0.25) is 0 Å². The molecule has 0 bridgehead atoms. The molecule has 1 atom stereocenters. The van der Waals surface area contributed by atoms with Gasteiger partial charge in [-0.25, -0.2) is 4.98 Å². The summed E-state index contributed by atoms with van der Waals surface area (Å²) in [6, 6.07) is 0.353. The van der Waals surface area contributed by atoms with Crippen LogP contribution in [0.5, 0.6) is 0 Å². The highest BCUT2D eigenvalue weighted by Crippen LogP contribution is 2.33. The van der Waals surface area contributed by atoms with Crippen molar-refractivity contribution in [3.63, 3.8) is 0 Å². The highest BCUT2D eigenvalue weighted by atomic mass is 32.1. The van der Waals surface area contributed by atoms with E-state index in [9.17, 15) is 5.11 Å². The van der Waals surface area contributed by atoms with E-state index < -0.39 is 0 Å². The number of rotatable bonds is 4. The average Bonchev–Trinajstić information content (AvgIpc) is 2.64. The van der Waals surface area contributed by atoms with E-state index in [4.69, 9.17) is 4.98 Å². The van der Waals surface area contributed by atoms with E-state index in [1.807, 2.05) is 11.3 Å². The summed E-state index contributed by atoms with van der Waals surface area (Å²) in [4.78, 5) is 6.07. The normalized spacial score (nSPS) is 25.2. The summed E-state index contributed by atoms with van der Waals surface area (Å²) in [5.74, 6) is 0.646. The highest BCUT2D eigenvalue weighted by Gasteiger charge is 2.28. The van der Waals surface area contributed by atoms with E-state index in [0.29, 0.717) is 12.0 Å². The van der Waals surface area contributed by atoms with E-state index in [-0.39, 0.29) is 11.5 Å². The number of nitrogens with zero attached hydrogens (tertiary/aromatic N) is 1. The highest BCUT2D eigenvalue weighted by molar-refractivity contribution is 7.12. The van der Waals surface area contributed by atoms with Crippen LogP contribution < -0.4 is 5.32 Å². The first-order valence-corrected chi connectivity index (χ1v) is 7.98. The molecule has 19 heavy (non-hydrogen) atoms. The van der Waals surface area contributed by atoms with Gasteiger partial charge in [0.1, 0.15) is 0 Å². The second-order valence-electron chi connectivity index (χ2n) is 6.84. The molecule has 0 amide bonds. The Kier molecular flexibility index (Phi) is 4.33. The Balaban J connectivity index is 1.95. The Morgan fingerprint density at radius 1 is 1.42 bits per heavy atom. The molecule has 0 aromatic carbocycles. The maximum Gasteiger partial charge on any atom is 0.0985 e. The third-order valence-corrected chi connectivity index (χ3v) is 5.56. The van der Waals surface area contributed by atoms with Gasteiger partial charge in [0.25, 0.3) is 0 Å². The third-order valence-electron chi connectivity index (χ3n) is 3.79. The smallest absolute Gasteiger partial charge is 0.0985 e. The monoisotopic (exact) mass is 282 g/mol. The number of aryl methyl sites for hydroxylation is 1.